The van der Waals surface area contributed by atoms with Crippen molar-refractivity contribution >= 4 is 28.2 Å². The van der Waals surface area contributed by atoms with Crippen molar-refractivity contribution in [3.63, 3.8) is 0 Å². The normalized spacial score (nSPS) is 14.9. The van der Waals surface area contributed by atoms with Crippen molar-refractivity contribution in [1.82, 2.24) is 13.3 Å². The molecule has 0 radical (unpaired) electrons. The quantitative estimate of drug-likeness (QED) is 0.807. The van der Waals surface area contributed by atoms with Gasteiger partial charge in [-0.25, -0.2) is 9.78 Å². The highest BCUT2D eigenvalue weighted by molar-refractivity contribution is 7.87. The van der Waals surface area contributed by atoms with Crippen molar-refractivity contribution in [2.75, 3.05) is 18.8 Å². The Hall–Kier alpha value is -1.87. The van der Waals surface area contributed by atoms with Crippen molar-refractivity contribution in [1.29, 1.82) is 0 Å². The Bertz CT molecular complexity index is 701. The molecule has 21 heavy (non-hydrogen) atoms. The summed E-state index contributed by atoms with van der Waals surface area (Å²) >= 11 is 0. The van der Waals surface area contributed by atoms with Gasteiger partial charge in [0.05, 0.1) is 11.4 Å². The molecule has 0 saturated carbocycles. The molecular formula is C12H18N4O4S. The van der Waals surface area contributed by atoms with Crippen LogP contribution >= 0.6 is 0 Å². The third kappa shape index (κ3) is 2.54. The molecule has 0 aliphatic heterocycles. The number of nitrogens with zero attached hydrogens (tertiary/aromatic N) is 3. The lowest BCUT2D eigenvalue weighted by atomic mass is 10.0. The molecule has 0 saturated heterocycles. The average molecular weight is 314 g/mol. The van der Waals surface area contributed by atoms with Gasteiger partial charge < -0.3 is 10.8 Å². The number of aromatic nitrogens is 2. The minimum atomic E-state index is -3.78. The lowest BCUT2D eigenvalue weighted by molar-refractivity contribution is -0.132. The Morgan fingerprint density at radius 3 is 2.57 bits per heavy atom. The number of anilines is 1. The van der Waals surface area contributed by atoms with Gasteiger partial charge in [0.2, 0.25) is 5.95 Å². The van der Waals surface area contributed by atoms with Crippen LogP contribution in [0.4, 0.5) is 5.95 Å². The van der Waals surface area contributed by atoms with Gasteiger partial charge in [0, 0.05) is 18.7 Å². The van der Waals surface area contributed by atoms with Gasteiger partial charge in [0.1, 0.15) is 0 Å². The molecule has 3 N–H and O–H groups in total. The van der Waals surface area contributed by atoms with E-state index in [4.69, 9.17) is 10.8 Å². The smallest absolute Gasteiger partial charge is 0.331 e. The van der Waals surface area contributed by atoms with Gasteiger partial charge in [-0.05, 0) is 18.9 Å². The summed E-state index contributed by atoms with van der Waals surface area (Å²) in [7, 11) is -3.78. The Morgan fingerprint density at radius 2 is 2.05 bits per heavy atom. The molecule has 0 spiro atoms. The number of rotatable bonds is 5. The predicted molar refractivity (Wildman–Crippen MR) is 77.8 cm³/mol. The minimum absolute atomic E-state index is 0.144. The fraction of sp³-hybridized carbons (Fsp3) is 0.500. The van der Waals surface area contributed by atoms with Crippen LogP contribution in [0.15, 0.2) is 5.57 Å². The number of imidazole rings is 1. The first-order valence-corrected chi connectivity index (χ1v) is 8.04. The molecule has 0 fully saturated rings. The maximum Gasteiger partial charge on any atom is 0.331 e. The first-order valence-electron chi connectivity index (χ1n) is 6.64. The lowest BCUT2D eigenvalue weighted by Crippen LogP contribution is -2.37. The maximum absolute atomic E-state index is 12.6. The Balaban J connectivity index is 2.57. The van der Waals surface area contributed by atoms with Gasteiger partial charge in [-0.3, -0.25) is 0 Å². The van der Waals surface area contributed by atoms with Crippen molar-refractivity contribution in [3.05, 3.63) is 17.0 Å². The molecule has 1 aliphatic rings. The highest BCUT2D eigenvalue weighted by Gasteiger charge is 2.30. The summed E-state index contributed by atoms with van der Waals surface area (Å²) in [5.74, 6) is -1.17. The van der Waals surface area contributed by atoms with E-state index in [1.807, 2.05) is 0 Å². The fourth-order valence-corrected chi connectivity index (χ4v) is 4.03. The number of hydrogen-bond donors (Lipinski definition) is 2. The van der Waals surface area contributed by atoms with Crippen LogP contribution in [0.3, 0.4) is 0 Å². The Kier molecular flexibility index (Phi) is 4.06. The average Bonchev–Trinajstić information content (AvgIpc) is 2.74. The van der Waals surface area contributed by atoms with Gasteiger partial charge >= 0.3 is 16.2 Å². The molecule has 1 aromatic rings. The summed E-state index contributed by atoms with van der Waals surface area (Å²) in [6.45, 7) is 4.12. The molecule has 1 heterocycles. The summed E-state index contributed by atoms with van der Waals surface area (Å²) < 4.78 is 27.5. The number of carboxylic acids is 1. The van der Waals surface area contributed by atoms with Gasteiger partial charge in [-0.15, -0.1) is 0 Å². The second-order valence-corrected chi connectivity index (χ2v) is 6.41. The van der Waals surface area contributed by atoms with E-state index in [1.165, 1.54) is 10.4 Å². The molecule has 2 rings (SSSR count). The third-order valence-corrected chi connectivity index (χ3v) is 5.50. The highest BCUT2D eigenvalue weighted by Crippen LogP contribution is 2.28. The van der Waals surface area contributed by atoms with Gasteiger partial charge in [0.25, 0.3) is 0 Å². The summed E-state index contributed by atoms with van der Waals surface area (Å²) in [6, 6.07) is 0. The lowest BCUT2D eigenvalue weighted by Gasteiger charge is -2.21. The number of nitrogen functional groups attached to an aromatic ring is 1. The number of carboxylic acid groups (broad SMARTS) is 1. The second kappa shape index (κ2) is 5.49. The van der Waals surface area contributed by atoms with Crippen LogP contribution in [-0.2, 0) is 21.4 Å². The summed E-state index contributed by atoms with van der Waals surface area (Å²) in [5.41, 5.74) is 6.69. The molecule has 0 bridgehead atoms. The molecule has 1 aliphatic carbocycles. The predicted octanol–water partition coefficient (Wildman–Crippen LogP) is 0.314. The summed E-state index contributed by atoms with van der Waals surface area (Å²) in [4.78, 5) is 15.0. The zero-order valence-electron chi connectivity index (χ0n) is 11.9. The number of fused-ring (bicyclic) bond motifs is 1. The molecule has 0 atom stereocenters. The minimum Gasteiger partial charge on any atom is -0.478 e. The molecule has 9 heteroatoms. The number of aliphatic carboxylic acids is 1. The monoisotopic (exact) mass is 314 g/mol. The molecule has 0 aromatic carbocycles. The van der Waals surface area contributed by atoms with Crippen molar-refractivity contribution in [3.8, 4) is 0 Å². The molecule has 1 aromatic heterocycles. The van der Waals surface area contributed by atoms with Crippen LogP contribution in [-0.4, -0.2) is 45.8 Å². The van der Waals surface area contributed by atoms with E-state index in [2.05, 4.69) is 4.98 Å². The first-order chi connectivity index (χ1) is 9.82. The Morgan fingerprint density at radius 1 is 1.43 bits per heavy atom. The van der Waals surface area contributed by atoms with E-state index in [0.717, 1.165) is 3.97 Å². The van der Waals surface area contributed by atoms with E-state index in [-0.39, 0.29) is 24.4 Å². The standard InChI is InChI=1S/C12H18N4O4S/c1-3-15(4-2)21(19,20)16-10-6-5-8(11(17)18)7-9(10)14-12(16)13/h7H,3-6H2,1-2H3,(H2,13,14)(H,17,18). The molecule has 116 valence electrons. The summed E-state index contributed by atoms with van der Waals surface area (Å²) in [5, 5.41) is 9.00. The van der Waals surface area contributed by atoms with Crippen molar-refractivity contribution < 1.29 is 18.3 Å². The van der Waals surface area contributed by atoms with Gasteiger partial charge in [0.15, 0.2) is 0 Å². The third-order valence-electron chi connectivity index (χ3n) is 3.46. The van der Waals surface area contributed by atoms with Crippen LogP contribution in [0.25, 0.3) is 6.08 Å². The van der Waals surface area contributed by atoms with E-state index in [0.29, 0.717) is 24.5 Å². The molecular weight excluding hydrogens is 296 g/mol. The molecule has 0 amide bonds. The highest BCUT2D eigenvalue weighted by atomic mass is 32.2. The first kappa shape index (κ1) is 15.5. The van der Waals surface area contributed by atoms with Gasteiger partial charge in [-0.2, -0.15) is 16.7 Å². The maximum atomic E-state index is 12.6. The summed E-state index contributed by atoms with van der Waals surface area (Å²) in [6.07, 6.45) is 1.91. The largest absolute Gasteiger partial charge is 0.478 e. The van der Waals surface area contributed by atoms with E-state index in [9.17, 15) is 13.2 Å². The zero-order valence-corrected chi connectivity index (χ0v) is 12.7. The van der Waals surface area contributed by atoms with E-state index >= 15 is 0 Å². The SMILES string of the molecule is CCN(CC)S(=O)(=O)n1c(N)nc2c1CCC(C(=O)O)=C2. The van der Waals surface area contributed by atoms with Crippen LogP contribution < -0.4 is 5.73 Å². The van der Waals surface area contributed by atoms with E-state index < -0.39 is 16.2 Å². The Labute approximate surface area is 123 Å². The topological polar surface area (TPSA) is 119 Å². The number of carbonyl (C=O) groups is 1. The van der Waals surface area contributed by atoms with E-state index in [1.54, 1.807) is 13.8 Å². The van der Waals surface area contributed by atoms with Crippen LogP contribution in [0.5, 0.6) is 0 Å². The van der Waals surface area contributed by atoms with Crippen LogP contribution in [0, 0.1) is 0 Å². The number of nitrogens with two attached hydrogens (primary N) is 1. The number of hydrogen-bond acceptors (Lipinski definition) is 5. The van der Waals surface area contributed by atoms with Crippen LogP contribution in [0.1, 0.15) is 31.7 Å². The van der Waals surface area contributed by atoms with Gasteiger partial charge in [-0.1, -0.05) is 13.8 Å². The molecule has 0 unspecified atom stereocenters. The van der Waals surface area contributed by atoms with Crippen molar-refractivity contribution in [2.24, 2.45) is 0 Å². The fourth-order valence-electron chi connectivity index (χ4n) is 2.40. The second-order valence-electron chi connectivity index (χ2n) is 4.63. The zero-order chi connectivity index (χ0) is 15.8. The molecule has 8 nitrogen and oxygen atoms in total. The van der Waals surface area contributed by atoms with Crippen molar-refractivity contribution in [2.45, 2.75) is 26.7 Å². The van der Waals surface area contributed by atoms with Crippen LogP contribution in [0.2, 0.25) is 0 Å².